The summed E-state index contributed by atoms with van der Waals surface area (Å²) in [6, 6.07) is 9.58. The summed E-state index contributed by atoms with van der Waals surface area (Å²) in [5, 5.41) is 10.1. The van der Waals surface area contributed by atoms with Gasteiger partial charge in [0, 0.05) is 5.56 Å². The molecule has 1 heterocycles. The van der Waals surface area contributed by atoms with Gasteiger partial charge in [-0.05, 0) is 37.3 Å². The van der Waals surface area contributed by atoms with Crippen LogP contribution in [-0.2, 0) is 6.18 Å². The Kier molecular flexibility index (Phi) is 5.95. The molecule has 0 saturated carbocycles. The normalized spacial score (nSPS) is 12.3. The maximum Gasteiger partial charge on any atom is 0.418 e. The molecule has 0 aliphatic heterocycles. The maximum absolute atomic E-state index is 13.2. The minimum atomic E-state index is -4.57. The molecule has 0 spiro atoms. The first kappa shape index (κ1) is 21.2. The number of carbonyl (C=O) groups excluding carboxylic acids is 1. The standard InChI is InChI=1S/C20H19F3N4O3/c1-12(14-10-13(29-2)8-9-18(14)30-3)24-19(28)16-11-27(26-25-16)17-7-5-4-6-15(17)20(21,22)23/h4-12H,1-3H3,(H,24,28). The highest BCUT2D eigenvalue weighted by Crippen LogP contribution is 2.33. The number of methoxy groups -OCH3 is 2. The van der Waals surface area contributed by atoms with Crippen LogP contribution < -0.4 is 14.8 Å². The minimum Gasteiger partial charge on any atom is -0.497 e. The molecule has 1 amide bonds. The third-order valence-electron chi connectivity index (χ3n) is 4.43. The van der Waals surface area contributed by atoms with Crippen molar-refractivity contribution in [2.24, 2.45) is 0 Å². The molecule has 0 fully saturated rings. The van der Waals surface area contributed by atoms with E-state index in [4.69, 9.17) is 9.47 Å². The molecule has 1 unspecified atom stereocenters. The summed E-state index contributed by atoms with van der Waals surface area (Å²) in [5.41, 5.74) is -0.559. The van der Waals surface area contributed by atoms with Crippen molar-refractivity contribution in [2.75, 3.05) is 14.2 Å². The molecule has 10 heteroatoms. The number of benzene rings is 2. The Balaban J connectivity index is 1.83. The molecule has 0 aliphatic carbocycles. The Labute approximate surface area is 170 Å². The van der Waals surface area contributed by atoms with Gasteiger partial charge in [-0.2, -0.15) is 13.2 Å². The largest absolute Gasteiger partial charge is 0.497 e. The second kappa shape index (κ2) is 8.44. The highest BCUT2D eigenvalue weighted by Gasteiger charge is 2.34. The number of carbonyl (C=O) groups is 1. The van der Waals surface area contributed by atoms with Gasteiger partial charge in [0.15, 0.2) is 5.69 Å². The van der Waals surface area contributed by atoms with E-state index < -0.39 is 23.7 Å². The van der Waals surface area contributed by atoms with Crippen molar-refractivity contribution >= 4 is 5.91 Å². The lowest BCUT2D eigenvalue weighted by Crippen LogP contribution is -2.27. The lowest BCUT2D eigenvalue weighted by Gasteiger charge is -2.17. The molecular formula is C20H19F3N4O3. The van der Waals surface area contributed by atoms with Crippen LogP contribution in [-0.4, -0.2) is 35.1 Å². The number of para-hydroxylation sites is 1. The molecule has 1 atom stereocenters. The van der Waals surface area contributed by atoms with Gasteiger partial charge in [-0.1, -0.05) is 17.3 Å². The predicted octanol–water partition coefficient (Wildman–Crippen LogP) is 3.79. The number of ether oxygens (including phenoxy) is 2. The first-order chi connectivity index (χ1) is 14.2. The summed E-state index contributed by atoms with van der Waals surface area (Å²) in [5.74, 6) is 0.538. The topological polar surface area (TPSA) is 78.3 Å². The lowest BCUT2D eigenvalue weighted by atomic mass is 10.1. The molecule has 0 radical (unpaired) electrons. The average Bonchev–Trinajstić information content (AvgIpc) is 3.23. The third kappa shape index (κ3) is 4.37. The Morgan fingerprint density at radius 3 is 2.53 bits per heavy atom. The molecule has 3 rings (SSSR count). The zero-order chi connectivity index (χ0) is 21.9. The Morgan fingerprint density at radius 1 is 1.13 bits per heavy atom. The van der Waals surface area contributed by atoms with Crippen LogP contribution in [0.5, 0.6) is 11.5 Å². The molecule has 0 bridgehead atoms. The predicted molar refractivity (Wildman–Crippen MR) is 102 cm³/mol. The minimum absolute atomic E-state index is 0.124. The van der Waals surface area contributed by atoms with Gasteiger partial charge < -0.3 is 14.8 Å². The van der Waals surface area contributed by atoms with Gasteiger partial charge in [-0.15, -0.1) is 5.10 Å². The Bertz CT molecular complexity index is 1050. The summed E-state index contributed by atoms with van der Waals surface area (Å²) in [6.45, 7) is 1.73. The van der Waals surface area contributed by atoms with Gasteiger partial charge in [0.05, 0.1) is 37.7 Å². The fourth-order valence-electron chi connectivity index (χ4n) is 2.92. The van der Waals surface area contributed by atoms with Gasteiger partial charge in [-0.25, -0.2) is 4.68 Å². The van der Waals surface area contributed by atoms with Crippen molar-refractivity contribution in [3.8, 4) is 17.2 Å². The van der Waals surface area contributed by atoms with E-state index in [1.165, 1.54) is 32.4 Å². The lowest BCUT2D eigenvalue weighted by molar-refractivity contribution is -0.137. The smallest absolute Gasteiger partial charge is 0.418 e. The summed E-state index contributed by atoms with van der Waals surface area (Å²) >= 11 is 0. The van der Waals surface area contributed by atoms with E-state index in [0.717, 1.165) is 16.9 Å². The Hall–Kier alpha value is -3.56. The number of nitrogens with zero attached hydrogens (tertiary/aromatic N) is 3. The first-order valence-electron chi connectivity index (χ1n) is 8.86. The van der Waals surface area contributed by atoms with Crippen LogP contribution in [0.15, 0.2) is 48.7 Å². The monoisotopic (exact) mass is 420 g/mol. The fraction of sp³-hybridized carbons (Fsp3) is 0.250. The summed E-state index contributed by atoms with van der Waals surface area (Å²) in [6.07, 6.45) is -3.42. The number of nitrogens with one attached hydrogen (secondary N) is 1. The number of alkyl halides is 3. The second-order valence-corrected chi connectivity index (χ2v) is 6.37. The van der Waals surface area contributed by atoms with E-state index in [9.17, 15) is 18.0 Å². The molecule has 7 nitrogen and oxygen atoms in total. The molecule has 1 aromatic heterocycles. The zero-order valence-electron chi connectivity index (χ0n) is 16.4. The number of aromatic nitrogens is 3. The van der Waals surface area contributed by atoms with Gasteiger partial charge >= 0.3 is 6.18 Å². The van der Waals surface area contributed by atoms with Crippen LogP contribution in [0.2, 0.25) is 0 Å². The van der Waals surface area contributed by atoms with Crippen LogP contribution in [0, 0.1) is 0 Å². The highest BCUT2D eigenvalue weighted by molar-refractivity contribution is 5.92. The van der Waals surface area contributed by atoms with Crippen LogP contribution in [0.25, 0.3) is 5.69 Å². The van der Waals surface area contributed by atoms with E-state index in [1.807, 2.05) is 0 Å². The van der Waals surface area contributed by atoms with Gasteiger partial charge in [0.2, 0.25) is 0 Å². The molecule has 158 valence electrons. The van der Waals surface area contributed by atoms with Crippen LogP contribution >= 0.6 is 0 Å². The molecule has 0 aliphatic rings. The summed E-state index contributed by atoms with van der Waals surface area (Å²) < 4.78 is 51.1. The summed E-state index contributed by atoms with van der Waals surface area (Å²) in [4.78, 5) is 12.6. The van der Waals surface area contributed by atoms with Crippen molar-refractivity contribution in [3.63, 3.8) is 0 Å². The van der Waals surface area contributed by atoms with Crippen molar-refractivity contribution in [2.45, 2.75) is 19.1 Å². The molecule has 1 N–H and O–H groups in total. The third-order valence-corrected chi connectivity index (χ3v) is 4.43. The van der Waals surface area contributed by atoms with Gasteiger partial charge in [0.1, 0.15) is 11.5 Å². The number of amides is 1. The van der Waals surface area contributed by atoms with Crippen LogP contribution in [0.4, 0.5) is 13.2 Å². The number of rotatable bonds is 6. The first-order valence-corrected chi connectivity index (χ1v) is 8.86. The molecule has 0 saturated heterocycles. The van der Waals surface area contributed by atoms with Crippen molar-refractivity contribution in [1.29, 1.82) is 0 Å². The van der Waals surface area contributed by atoms with Crippen LogP contribution in [0.3, 0.4) is 0 Å². The van der Waals surface area contributed by atoms with Gasteiger partial charge in [0.25, 0.3) is 5.91 Å². The van der Waals surface area contributed by atoms with E-state index >= 15 is 0 Å². The van der Waals surface area contributed by atoms with Gasteiger partial charge in [-0.3, -0.25) is 4.79 Å². The highest BCUT2D eigenvalue weighted by atomic mass is 19.4. The molecular weight excluding hydrogens is 401 g/mol. The summed E-state index contributed by atoms with van der Waals surface area (Å²) in [7, 11) is 3.02. The van der Waals surface area contributed by atoms with E-state index in [0.29, 0.717) is 17.1 Å². The number of hydrogen-bond acceptors (Lipinski definition) is 5. The fourth-order valence-corrected chi connectivity index (χ4v) is 2.92. The SMILES string of the molecule is COc1ccc(OC)c(C(C)NC(=O)c2cn(-c3ccccc3C(F)(F)F)nn2)c1. The van der Waals surface area contributed by atoms with Crippen LogP contribution in [0.1, 0.15) is 34.6 Å². The molecule has 2 aromatic carbocycles. The number of hydrogen-bond donors (Lipinski definition) is 1. The molecule has 30 heavy (non-hydrogen) atoms. The molecule has 3 aromatic rings. The second-order valence-electron chi connectivity index (χ2n) is 6.37. The van der Waals surface area contributed by atoms with Crippen molar-refractivity contribution in [1.82, 2.24) is 20.3 Å². The van der Waals surface area contributed by atoms with E-state index in [2.05, 4.69) is 15.6 Å². The quantitative estimate of drug-likeness (QED) is 0.657. The Morgan fingerprint density at radius 2 is 1.87 bits per heavy atom. The number of halogens is 3. The average molecular weight is 420 g/mol. The van der Waals surface area contributed by atoms with E-state index in [1.54, 1.807) is 25.1 Å². The maximum atomic E-state index is 13.2. The van der Waals surface area contributed by atoms with Crippen molar-refractivity contribution < 1.29 is 27.4 Å². The zero-order valence-corrected chi connectivity index (χ0v) is 16.4. The van der Waals surface area contributed by atoms with E-state index in [-0.39, 0.29) is 11.4 Å². The van der Waals surface area contributed by atoms with Crippen molar-refractivity contribution in [3.05, 3.63) is 65.5 Å².